The van der Waals surface area contributed by atoms with E-state index in [2.05, 4.69) is 10.2 Å². The zero-order valence-corrected chi connectivity index (χ0v) is 14.5. The van der Waals surface area contributed by atoms with Crippen molar-refractivity contribution in [1.29, 1.82) is 0 Å². The van der Waals surface area contributed by atoms with Gasteiger partial charge in [-0.1, -0.05) is 24.6 Å². The molecule has 1 amide bonds. The van der Waals surface area contributed by atoms with Crippen LogP contribution in [0.3, 0.4) is 0 Å². The third-order valence-electron chi connectivity index (χ3n) is 5.01. The number of ether oxygens (including phenoxy) is 1. The van der Waals surface area contributed by atoms with E-state index >= 15 is 0 Å². The number of hydrogen-bond acceptors (Lipinski definition) is 4. The lowest BCUT2D eigenvalue weighted by Crippen LogP contribution is -2.51. The molecule has 3 rings (SSSR count). The normalized spacial score (nSPS) is 21.1. The maximum atomic E-state index is 12.3. The summed E-state index contributed by atoms with van der Waals surface area (Å²) < 4.78 is 5.58. The number of para-hydroxylation sites is 1. The van der Waals surface area contributed by atoms with Crippen LogP contribution >= 0.6 is 0 Å². The standard InChI is InChI=1S/C19H28N2O3/c1-15-7-3-4-8-17(15)24-13-16(22)18(23)20-19(9-10-19)14-21-11-5-2-6-12-21/h3-4,7-8,16,22H,2,5-6,9-14H2,1H3,(H,20,23). The summed E-state index contributed by atoms with van der Waals surface area (Å²) in [5, 5.41) is 13.2. The number of likely N-dealkylation sites (tertiary alicyclic amines) is 1. The number of carbonyl (C=O) groups excluding carboxylic acids is 1. The summed E-state index contributed by atoms with van der Waals surface area (Å²) in [4.78, 5) is 14.7. The first kappa shape index (κ1) is 17.2. The maximum absolute atomic E-state index is 12.3. The number of aryl methyl sites for hydroxylation is 1. The Kier molecular flexibility index (Phi) is 5.41. The molecule has 0 bridgehead atoms. The highest BCUT2D eigenvalue weighted by Gasteiger charge is 2.46. The smallest absolute Gasteiger partial charge is 0.252 e. The molecule has 1 aliphatic carbocycles. The van der Waals surface area contributed by atoms with Crippen molar-refractivity contribution in [2.75, 3.05) is 26.2 Å². The number of piperidine rings is 1. The van der Waals surface area contributed by atoms with E-state index in [9.17, 15) is 9.90 Å². The number of rotatable bonds is 7. The topological polar surface area (TPSA) is 61.8 Å². The molecule has 1 saturated heterocycles. The first-order valence-corrected chi connectivity index (χ1v) is 8.99. The summed E-state index contributed by atoms with van der Waals surface area (Å²) in [5.74, 6) is 0.386. The van der Waals surface area contributed by atoms with Gasteiger partial charge in [-0.05, 0) is 57.3 Å². The summed E-state index contributed by atoms with van der Waals surface area (Å²) in [6.45, 7) is 5.08. The van der Waals surface area contributed by atoms with Crippen molar-refractivity contribution in [3.05, 3.63) is 29.8 Å². The molecule has 1 aromatic rings. The minimum atomic E-state index is -1.14. The second kappa shape index (κ2) is 7.53. The van der Waals surface area contributed by atoms with Crippen molar-refractivity contribution in [2.45, 2.75) is 50.7 Å². The van der Waals surface area contributed by atoms with E-state index in [0.29, 0.717) is 5.75 Å². The molecule has 2 N–H and O–H groups in total. The van der Waals surface area contributed by atoms with Gasteiger partial charge in [-0.3, -0.25) is 4.79 Å². The van der Waals surface area contributed by atoms with Gasteiger partial charge >= 0.3 is 0 Å². The van der Waals surface area contributed by atoms with Crippen LogP contribution in [0.25, 0.3) is 0 Å². The molecule has 1 atom stereocenters. The van der Waals surface area contributed by atoms with Crippen molar-refractivity contribution in [3.8, 4) is 5.75 Å². The average Bonchev–Trinajstić information content (AvgIpc) is 3.33. The molecule has 5 heteroatoms. The van der Waals surface area contributed by atoms with Crippen molar-refractivity contribution in [1.82, 2.24) is 10.2 Å². The largest absolute Gasteiger partial charge is 0.490 e. The lowest BCUT2D eigenvalue weighted by molar-refractivity contribution is -0.132. The highest BCUT2D eigenvalue weighted by atomic mass is 16.5. The van der Waals surface area contributed by atoms with Crippen LogP contribution in [0.1, 0.15) is 37.7 Å². The van der Waals surface area contributed by atoms with Crippen LogP contribution in [0.2, 0.25) is 0 Å². The van der Waals surface area contributed by atoms with E-state index in [-0.39, 0.29) is 18.1 Å². The Morgan fingerprint density at radius 3 is 2.67 bits per heavy atom. The fraction of sp³-hybridized carbons (Fsp3) is 0.632. The Labute approximate surface area is 144 Å². The summed E-state index contributed by atoms with van der Waals surface area (Å²) in [6, 6.07) is 7.60. The van der Waals surface area contributed by atoms with Crippen LogP contribution in [0.5, 0.6) is 5.75 Å². The Balaban J connectivity index is 1.46. The molecule has 2 aliphatic rings. The van der Waals surface area contributed by atoms with Gasteiger partial charge in [0.05, 0.1) is 5.54 Å². The van der Waals surface area contributed by atoms with Gasteiger partial charge in [-0.25, -0.2) is 0 Å². The predicted molar refractivity (Wildman–Crippen MR) is 93.1 cm³/mol. The fourth-order valence-electron chi connectivity index (χ4n) is 3.33. The van der Waals surface area contributed by atoms with Crippen LogP contribution in [0.4, 0.5) is 0 Å². The number of amides is 1. The van der Waals surface area contributed by atoms with Gasteiger partial charge in [0.15, 0.2) is 6.10 Å². The third kappa shape index (κ3) is 4.48. The monoisotopic (exact) mass is 332 g/mol. The molecule has 1 heterocycles. The molecule has 5 nitrogen and oxygen atoms in total. The van der Waals surface area contributed by atoms with E-state index in [1.807, 2.05) is 31.2 Å². The fourth-order valence-corrected chi connectivity index (χ4v) is 3.33. The Hall–Kier alpha value is -1.59. The van der Waals surface area contributed by atoms with E-state index < -0.39 is 6.10 Å². The number of aliphatic hydroxyl groups is 1. The van der Waals surface area contributed by atoms with Gasteiger partial charge in [-0.15, -0.1) is 0 Å². The van der Waals surface area contributed by atoms with Gasteiger partial charge in [0, 0.05) is 6.54 Å². The van der Waals surface area contributed by atoms with Crippen molar-refractivity contribution in [2.24, 2.45) is 0 Å². The molecule has 2 fully saturated rings. The van der Waals surface area contributed by atoms with Crippen LogP contribution in [-0.4, -0.2) is 53.8 Å². The van der Waals surface area contributed by atoms with Gasteiger partial charge in [0.1, 0.15) is 12.4 Å². The van der Waals surface area contributed by atoms with Crippen molar-refractivity contribution in [3.63, 3.8) is 0 Å². The van der Waals surface area contributed by atoms with Crippen LogP contribution in [0.15, 0.2) is 24.3 Å². The van der Waals surface area contributed by atoms with Gasteiger partial charge in [0.2, 0.25) is 0 Å². The second-order valence-corrected chi connectivity index (χ2v) is 7.20. The van der Waals surface area contributed by atoms with E-state index in [4.69, 9.17) is 4.74 Å². The summed E-state index contributed by atoms with van der Waals surface area (Å²) in [6.07, 6.45) is 4.67. The summed E-state index contributed by atoms with van der Waals surface area (Å²) in [5.41, 5.74) is 0.867. The molecule has 0 spiro atoms. The highest BCUT2D eigenvalue weighted by Crippen LogP contribution is 2.36. The zero-order chi connectivity index (χ0) is 17.0. The number of nitrogens with zero attached hydrogens (tertiary/aromatic N) is 1. The minimum absolute atomic E-state index is 0.0174. The first-order chi connectivity index (χ1) is 11.6. The number of hydrogen-bond donors (Lipinski definition) is 2. The quantitative estimate of drug-likeness (QED) is 0.800. The van der Waals surface area contributed by atoms with Gasteiger partial charge < -0.3 is 20.1 Å². The number of nitrogens with one attached hydrogen (secondary N) is 1. The molecule has 24 heavy (non-hydrogen) atoms. The minimum Gasteiger partial charge on any atom is -0.490 e. The Morgan fingerprint density at radius 2 is 2.00 bits per heavy atom. The lowest BCUT2D eigenvalue weighted by atomic mass is 10.1. The number of benzene rings is 1. The Morgan fingerprint density at radius 1 is 1.29 bits per heavy atom. The van der Waals surface area contributed by atoms with Crippen LogP contribution in [-0.2, 0) is 4.79 Å². The van der Waals surface area contributed by atoms with Crippen molar-refractivity contribution >= 4 is 5.91 Å². The molecule has 1 aromatic carbocycles. The molecule has 1 saturated carbocycles. The SMILES string of the molecule is Cc1ccccc1OCC(O)C(=O)NC1(CN2CCCCC2)CC1. The van der Waals surface area contributed by atoms with E-state index in [1.165, 1.54) is 19.3 Å². The summed E-state index contributed by atoms with van der Waals surface area (Å²) >= 11 is 0. The first-order valence-electron chi connectivity index (χ1n) is 8.99. The molecule has 0 aromatic heterocycles. The molecule has 0 radical (unpaired) electrons. The van der Waals surface area contributed by atoms with Gasteiger partial charge in [-0.2, -0.15) is 0 Å². The maximum Gasteiger partial charge on any atom is 0.252 e. The third-order valence-corrected chi connectivity index (χ3v) is 5.01. The number of aliphatic hydroxyl groups excluding tert-OH is 1. The lowest BCUT2D eigenvalue weighted by Gasteiger charge is -2.31. The summed E-state index contributed by atoms with van der Waals surface area (Å²) in [7, 11) is 0. The van der Waals surface area contributed by atoms with E-state index in [0.717, 1.165) is 38.0 Å². The highest BCUT2D eigenvalue weighted by molar-refractivity contribution is 5.81. The zero-order valence-electron chi connectivity index (χ0n) is 14.5. The van der Waals surface area contributed by atoms with Crippen molar-refractivity contribution < 1.29 is 14.6 Å². The predicted octanol–water partition coefficient (Wildman–Crippen LogP) is 1.87. The molecular weight excluding hydrogens is 304 g/mol. The molecular formula is C19H28N2O3. The molecule has 1 aliphatic heterocycles. The van der Waals surface area contributed by atoms with Crippen LogP contribution < -0.4 is 10.1 Å². The molecule has 1 unspecified atom stereocenters. The molecule has 132 valence electrons. The number of carbonyl (C=O) groups is 1. The van der Waals surface area contributed by atoms with Crippen LogP contribution in [0, 0.1) is 6.92 Å². The average molecular weight is 332 g/mol. The Bertz CT molecular complexity index is 565. The second-order valence-electron chi connectivity index (χ2n) is 7.20. The van der Waals surface area contributed by atoms with Gasteiger partial charge in [0.25, 0.3) is 5.91 Å². The van der Waals surface area contributed by atoms with E-state index in [1.54, 1.807) is 0 Å².